The molecule has 3 rings (SSSR count). The normalized spacial score (nSPS) is 11.6. The number of carboxylic acid groups (broad SMARTS) is 1. The number of carbonyl (C=O) groups is 2. The summed E-state index contributed by atoms with van der Waals surface area (Å²) in [5.74, 6) is -2.29. The number of carbonyl (C=O) groups excluding carboxylic acids is 1. The molecule has 14 heteroatoms. The molecular formula is C25H23F3N3NaO7. The number of carboxylic acids is 1. The van der Waals surface area contributed by atoms with Crippen LogP contribution >= 0.6 is 0 Å². The van der Waals surface area contributed by atoms with E-state index in [-0.39, 0.29) is 46.2 Å². The van der Waals surface area contributed by atoms with Gasteiger partial charge in [-0.25, -0.2) is 4.79 Å². The van der Waals surface area contributed by atoms with Gasteiger partial charge in [0.2, 0.25) is 0 Å². The van der Waals surface area contributed by atoms with Crippen molar-refractivity contribution in [3.63, 3.8) is 0 Å². The number of alkyl halides is 3. The molecule has 0 saturated heterocycles. The average molecular weight is 557 g/mol. The van der Waals surface area contributed by atoms with Crippen LogP contribution in [0.2, 0.25) is 0 Å². The fraction of sp³-hybridized carbons (Fsp3) is 0.240. The van der Waals surface area contributed by atoms with E-state index >= 15 is 0 Å². The molecule has 1 heterocycles. The topological polar surface area (TPSA) is 142 Å². The Morgan fingerprint density at radius 3 is 2.46 bits per heavy atom. The summed E-state index contributed by atoms with van der Waals surface area (Å²) in [6.45, 7) is 1.53. The van der Waals surface area contributed by atoms with Crippen LogP contribution in [-0.2, 0) is 11.8 Å². The Hall–Kier alpha value is -3.68. The van der Waals surface area contributed by atoms with Crippen LogP contribution in [0.15, 0.2) is 53.3 Å². The van der Waals surface area contributed by atoms with E-state index in [1.54, 1.807) is 12.1 Å². The number of ether oxygens (including phenoxy) is 2. The first-order chi connectivity index (χ1) is 17.8. The molecule has 0 saturated carbocycles. The molecule has 1 atom stereocenters. The summed E-state index contributed by atoms with van der Waals surface area (Å²) in [7, 11) is 2.78. The van der Waals surface area contributed by atoms with Gasteiger partial charge in [0.1, 0.15) is 17.2 Å². The number of halogens is 3. The second-order valence-corrected chi connectivity index (χ2v) is 8.17. The number of methoxy groups -OCH3 is 1. The predicted octanol–water partition coefficient (Wildman–Crippen LogP) is 0.683. The molecule has 0 fully saturated rings. The number of rotatable bonds is 8. The summed E-state index contributed by atoms with van der Waals surface area (Å²) >= 11 is 0. The summed E-state index contributed by atoms with van der Waals surface area (Å²) in [5.41, 5.74) is -0.617. The third kappa shape index (κ3) is 8.15. The van der Waals surface area contributed by atoms with Crippen LogP contribution in [0.1, 0.15) is 23.7 Å². The van der Waals surface area contributed by atoms with Crippen LogP contribution < -0.4 is 60.3 Å². The Kier molecular flexibility index (Phi) is 10.4. The number of pyridine rings is 1. The van der Waals surface area contributed by atoms with Crippen LogP contribution in [0.5, 0.6) is 17.2 Å². The minimum Gasteiger partial charge on any atom is -0.871 e. The zero-order valence-corrected chi connectivity index (χ0v) is 23.4. The Bertz CT molecular complexity index is 1430. The minimum absolute atomic E-state index is 0. The molecule has 3 aromatic rings. The van der Waals surface area contributed by atoms with Gasteiger partial charge in [0, 0.05) is 18.3 Å². The van der Waals surface area contributed by atoms with Gasteiger partial charge in [-0.2, -0.15) is 0 Å². The second-order valence-electron chi connectivity index (χ2n) is 8.17. The Balaban J connectivity index is 0.00000533. The van der Waals surface area contributed by atoms with Crippen molar-refractivity contribution >= 4 is 17.7 Å². The number of aromatic nitrogens is 1. The average Bonchev–Trinajstić information content (AvgIpc) is 2.84. The molecule has 0 aliphatic rings. The van der Waals surface area contributed by atoms with E-state index in [0.29, 0.717) is 11.4 Å². The molecule has 0 aliphatic carbocycles. The predicted molar refractivity (Wildman–Crippen MR) is 128 cm³/mol. The van der Waals surface area contributed by atoms with E-state index in [1.165, 1.54) is 45.3 Å². The fourth-order valence-electron chi connectivity index (χ4n) is 3.64. The van der Waals surface area contributed by atoms with Gasteiger partial charge in [0.25, 0.3) is 5.56 Å². The van der Waals surface area contributed by atoms with Crippen molar-refractivity contribution in [2.24, 2.45) is 7.05 Å². The maximum Gasteiger partial charge on any atom is 1.00 e. The van der Waals surface area contributed by atoms with Gasteiger partial charge in [0.05, 0.1) is 19.6 Å². The zero-order chi connectivity index (χ0) is 28.2. The Morgan fingerprint density at radius 1 is 1.15 bits per heavy atom. The summed E-state index contributed by atoms with van der Waals surface area (Å²) in [5, 5.41) is 26.1. The van der Waals surface area contributed by atoms with Gasteiger partial charge >= 0.3 is 47.9 Å². The van der Waals surface area contributed by atoms with E-state index in [9.17, 15) is 37.8 Å². The molecule has 2 aromatic carbocycles. The van der Waals surface area contributed by atoms with Crippen molar-refractivity contribution in [2.45, 2.75) is 25.7 Å². The number of nitrogens with one attached hydrogen (secondary N) is 2. The third-order valence-corrected chi connectivity index (χ3v) is 5.57. The second kappa shape index (κ2) is 12.9. The van der Waals surface area contributed by atoms with Crippen molar-refractivity contribution in [2.75, 3.05) is 12.4 Å². The Morgan fingerprint density at radius 2 is 1.85 bits per heavy atom. The molecule has 0 bridgehead atoms. The fourth-order valence-corrected chi connectivity index (χ4v) is 3.64. The smallest absolute Gasteiger partial charge is 0.871 e. The van der Waals surface area contributed by atoms with Crippen LogP contribution in [0.3, 0.4) is 0 Å². The minimum atomic E-state index is -5.01. The number of aliphatic carboxylic acids is 1. The Labute approximate surface area is 242 Å². The number of nitrogens with zero attached hydrogens (tertiary/aromatic N) is 1. The van der Waals surface area contributed by atoms with Crippen molar-refractivity contribution in [1.82, 2.24) is 9.88 Å². The summed E-state index contributed by atoms with van der Waals surface area (Å²) < 4.78 is 49.6. The van der Waals surface area contributed by atoms with Crippen molar-refractivity contribution in [1.29, 1.82) is 0 Å². The van der Waals surface area contributed by atoms with Gasteiger partial charge in [-0.3, -0.25) is 9.59 Å². The van der Waals surface area contributed by atoms with Crippen LogP contribution in [0, 0.1) is 6.92 Å². The molecule has 10 nitrogen and oxygen atoms in total. The summed E-state index contributed by atoms with van der Waals surface area (Å²) in [4.78, 5) is 36.6. The number of hydrogen-bond acceptors (Lipinski definition) is 6. The molecule has 1 aromatic heterocycles. The number of anilines is 1. The van der Waals surface area contributed by atoms with E-state index in [2.05, 4.69) is 15.4 Å². The maximum absolute atomic E-state index is 13.1. The van der Waals surface area contributed by atoms with Crippen LogP contribution in [-0.4, -0.2) is 35.1 Å². The number of hydrogen-bond donors (Lipinski definition) is 3. The molecule has 2 amide bonds. The number of urea groups is 1. The monoisotopic (exact) mass is 557 g/mol. The van der Waals surface area contributed by atoms with Gasteiger partial charge in [-0.15, -0.1) is 13.2 Å². The molecule has 0 spiro atoms. The number of benzene rings is 2. The molecule has 0 radical (unpaired) electrons. The van der Waals surface area contributed by atoms with Crippen molar-refractivity contribution in [3.8, 4) is 28.4 Å². The van der Waals surface area contributed by atoms with Crippen LogP contribution in [0.4, 0.5) is 23.7 Å². The third-order valence-electron chi connectivity index (χ3n) is 5.57. The summed E-state index contributed by atoms with van der Waals surface area (Å²) in [6, 6.07) is 8.31. The molecule has 0 unspecified atom stereocenters. The zero-order valence-electron chi connectivity index (χ0n) is 21.4. The van der Waals surface area contributed by atoms with Crippen molar-refractivity contribution in [3.05, 3.63) is 70.1 Å². The van der Waals surface area contributed by atoms with E-state index in [4.69, 9.17) is 4.74 Å². The van der Waals surface area contributed by atoms with E-state index < -0.39 is 53.6 Å². The SMILES string of the molecule is COc1cccc(-c2cc([C@H](CC(=O)O)NC(=O)Nc3c([O-])cc(C)n(C)c3=O)ccc2OC(F)(F)F)c1.[Na+]. The first-order valence-corrected chi connectivity index (χ1v) is 11.0. The van der Waals surface area contributed by atoms with Crippen LogP contribution in [0.25, 0.3) is 11.1 Å². The quantitative estimate of drug-likeness (QED) is 0.346. The van der Waals surface area contributed by atoms with Crippen molar-refractivity contribution < 1.29 is 72.0 Å². The maximum atomic E-state index is 13.1. The largest absolute Gasteiger partial charge is 1.00 e. The van der Waals surface area contributed by atoms with E-state index in [0.717, 1.165) is 16.7 Å². The van der Waals surface area contributed by atoms with Gasteiger partial charge < -0.3 is 34.9 Å². The van der Waals surface area contributed by atoms with Gasteiger partial charge in [-0.05, 0) is 48.4 Å². The molecular weight excluding hydrogens is 534 g/mol. The molecule has 0 aliphatic heterocycles. The standard InChI is InChI=1S/C25H24F3N3O7.Na/c1-13-9-19(32)22(23(35)31(13)2)30-24(36)29-18(12-21(33)34)15-7-8-20(38-25(26,27)28)17(11-15)14-5-4-6-16(10-14)37-3;/h4-11,18,32H,12H2,1-3H3,(H,33,34)(H2,29,30,36);/q;+1/p-1/t18-;/m0./s1. The van der Waals surface area contributed by atoms with E-state index in [1.807, 2.05) is 0 Å². The van der Waals surface area contributed by atoms with Gasteiger partial charge in [0.15, 0.2) is 0 Å². The number of amides is 2. The molecule has 3 N–H and O–H groups in total. The summed E-state index contributed by atoms with van der Waals surface area (Å²) in [6.07, 6.45) is -5.68. The molecule has 39 heavy (non-hydrogen) atoms. The van der Waals surface area contributed by atoms with Gasteiger partial charge in [-0.1, -0.05) is 23.9 Å². The number of aryl methyl sites for hydroxylation is 1. The first-order valence-electron chi connectivity index (χ1n) is 11.0. The first kappa shape index (κ1) is 31.5. The molecule has 202 valence electrons.